The van der Waals surface area contributed by atoms with Crippen molar-refractivity contribution in [3.8, 4) is 5.75 Å². The fourth-order valence-corrected chi connectivity index (χ4v) is 5.29. The Kier molecular flexibility index (Phi) is 8.19. The molecule has 0 bridgehead atoms. The van der Waals surface area contributed by atoms with Gasteiger partial charge in [-0.25, -0.2) is 9.38 Å². The summed E-state index contributed by atoms with van der Waals surface area (Å²) in [5.74, 6) is -0.0729. The molecule has 0 aliphatic carbocycles. The first-order valence-corrected chi connectivity index (χ1v) is 13.7. The van der Waals surface area contributed by atoms with Gasteiger partial charge in [-0.2, -0.15) is 0 Å². The molecule has 1 heterocycles. The Morgan fingerprint density at radius 1 is 0.947 bits per heavy atom. The number of carbonyl (C=O) groups excluding carboxylic acids is 1. The number of halogens is 4. The van der Waals surface area contributed by atoms with E-state index >= 15 is 0 Å². The molecule has 4 aromatic carbocycles. The van der Waals surface area contributed by atoms with Crippen LogP contribution in [-0.2, 0) is 11.4 Å². The minimum atomic E-state index is -0.340. The van der Waals surface area contributed by atoms with Crippen LogP contribution in [-0.4, -0.2) is 11.1 Å². The SMILES string of the molecule is O=C1/C(=C/c2cc(Br)ccc2OCc2ccccc2F)SC(=Nc2ccc(Cl)cc2)N1c1ccc(Cl)cc1. The summed E-state index contributed by atoms with van der Waals surface area (Å²) in [5.41, 5.74) is 2.39. The van der Waals surface area contributed by atoms with Crippen LogP contribution in [0.4, 0.5) is 15.8 Å². The fourth-order valence-electron chi connectivity index (χ4n) is 3.67. The van der Waals surface area contributed by atoms with Gasteiger partial charge in [0.2, 0.25) is 0 Å². The summed E-state index contributed by atoms with van der Waals surface area (Å²) < 4.78 is 20.9. The average Bonchev–Trinajstić information content (AvgIpc) is 3.20. The van der Waals surface area contributed by atoms with E-state index in [1.807, 2.05) is 12.1 Å². The monoisotopic (exact) mass is 626 g/mol. The van der Waals surface area contributed by atoms with Crippen molar-refractivity contribution in [1.29, 1.82) is 0 Å². The zero-order chi connectivity index (χ0) is 26.6. The van der Waals surface area contributed by atoms with E-state index in [1.165, 1.54) is 17.8 Å². The van der Waals surface area contributed by atoms with Crippen molar-refractivity contribution < 1.29 is 13.9 Å². The highest BCUT2D eigenvalue weighted by molar-refractivity contribution is 9.10. The largest absolute Gasteiger partial charge is 0.488 e. The van der Waals surface area contributed by atoms with Crippen LogP contribution in [0.25, 0.3) is 6.08 Å². The van der Waals surface area contributed by atoms with Crippen LogP contribution in [0.15, 0.2) is 105 Å². The van der Waals surface area contributed by atoms with Crippen LogP contribution in [0, 0.1) is 5.82 Å². The maximum absolute atomic E-state index is 14.1. The molecular formula is C29H18BrCl2FN2O2S. The van der Waals surface area contributed by atoms with Gasteiger partial charge in [0.25, 0.3) is 5.91 Å². The third-order valence-electron chi connectivity index (χ3n) is 5.54. The highest BCUT2D eigenvalue weighted by Crippen LogP contribution is 2.39. The fraction of sp³-hybridized carbons (Fsp3) is 0.0345. The second-order valence-electron chi connectivity index (χ2n) is 8.16. The van der Waals surface area contributed by atoms with E-state index in [1.54, 1.807) is 83.8 Å². The van der Waals surface area contributed by atoms with Crippen LogP contribution >= 0.6 is 50.9 Å². The van der Waals surface area contributed by atoms with E-state index in [2.05, 4.69) is 15.9 Å². The molecule has 1 fully saturated rings. The van der Waals surface area contributed by atoms with Crippen molar-refractivity contribution in [2.24, 2.45) is 4.99 Å². The first-order valence-electron chi connectivity index (χ1n) is 11.4. The first kappa shape index (κ1) is 26.5. The quantitative estimate of drug-likeness (QED) is 0.200. The van der Waals surface area contributed by atoms with Crippen molar-refractivity contribution >= 4 is 79.4 Å². The van der Waals surface area contributed by atoms with Crippen LogP contribution in [0.3, 0.4) is 0 Å². The van der Waals surface area contributed by atoms with Gasteiger partial charge in [0.05, 0.1) is 16.3 Å². The Morgan fingerprint density at radius 3 is 2.34 bits per heavy atom. The lowest BCUT2D eigenvalue weighted by Gasteiger charge is -2.15. The van der Waals surface area contributed by atoms with E-state index in [0.717, 1.165) is 4.47 Å². The van der Waals surface area contributed by atoms with Gasteiger partial charge in [-0.1, -0.05) is 57.3 Å². The van der Waals surface area contributed by atoms with Gasteiger partial charge in [0, 0.05) is 25.6 Å². The third kappa shape index (κ3) is 6.13. The number of anilines is 1. The zero-order valence-electron chi connectivity index (χ0n) is 19.6. The number of amidine groups is 1. The zero-order valence-corrected chi connectivity index (χ0v) is 23.5. The number of thioether (sulfide) groups is 1. The Labute approximate surface area is 241 Å². The Morgan fingerprint density at radius 2 is 1.63 bits per heavy atom. The number of nitrogens with zero attached hydrogens (tertiary/aromatic N) is 2. The van der Waals surface area contributed by atoms with Crippen LogP contribution in [0.5, 0.6) is 5.75 Å². The minimum Gasteiger partial charge on any atom is -0.488 e. The summed E-state index contributed by atoms with van der Waals surface area (Å²) in [6.07, 6.45) is 1.75. The number of aliphatic imine (C=N–C) groups is 1. The molecule has 0 aromatic heterocycles. The van der Waals surface area contributed by atoms with Gasteiger partial charge in [0.15, 0.2) is 5.17 Å². The Balaban J connectivity index is 1.51. The lowest BCUT2D eigenvalue weighted by atomic mass is 10.1. The molecule has 1 saturated heterocycles. The predicted octanol–water partition coefficient (Wildman–Crippen LogP) is 9.28. The second kappa shape index (κ2) is 11.7. The molecular weight excluding hydrogens is 610 g/mol. The average molecular weight is 628 g/mol. The Hall–Kier alpha value is -3.10. The lowest BCUT2D eigenvalue weighted by Crippen LogP contribution is -2.28. The Bertz CT molecular complexity index is 1560. The molecule has 38 heavy (non-hydrogen) atoms. The summed E-state index contributed by atoms with van der Waals surface area (Å²) in [7, 11) is 0. The molecule has 190 valence electrons. The second-order valence-corrected chi connectivity index (χ2v) is 11.0. The van der Waals surface area contributed by atoms with Gasteiger partial charge in [-0.15, -0.1) is 0 Å². The smallest absolute Gasteiger partial charge is 0.271 e. The van der Waals surface area contributed by atoms with Gasteiger partial charge in [-0.3, -0.25) is 9.69 Å². The topological polar surface area (TPSA) is 41.9 Å². The van der Waals surface area contributed by atoms with E-state index in [-0.39, 0.29) is 18.3 Å². The standard InChI is InChI=1S/C29H18BrCl2FN2O2S/c30-20-5-14-26(37-17-18-3-1-2-4-25(18)33)19(15-20)16-27-28(36)35(24-12-8-22(32)9-13-24)29(38-27)34-23-10-6-21(31)7-11-23/h1-16H,17H2/b27-16-,34-29?. The number of benzene rings is 4. The van der Waals surface area contributed by atoms with E-state index in [4.69, 9.17) is 32.9 Å². The predicted molar refractivity (Wildman–Crippen MR) is 158 cm³/mol. The van der Waals surface area contributed by atoms with Crippen LogP contribution in [0.1, 0.15) is 11.1 Å². The number of hydrogen-bond donors (Lipinski definition) is 0. The number of ether oxygens (including phenoxy) is 1. The summed E-state index contributed by atoms with van der Waals surface area (Å²) in [6, 6.07) is 25.9. The minimum absolute atomic E-state index is 0.0474. The van der Waals surface area contributed by atoms with Crippen molar-refractivity contribution in [2.75, 3.05) is 4.90 Å². The lowest BCUT2D eigenvalue weighted by molar-refractivity contribution is -0.113. The third-order valence-corrected chi connectivity index (χ3v) is 7.51. The number of hydrogen-bond acceptors (Lipinski definition) is 4. The van der Waals surface area contributed by atoms with Crippen molar-refractivity contribution in [3.63, 3.8) is 0 Å². The van der Waals surface area contributed by atoms with Crippen molar-refractivity contribution in [2.45, 2.75) is 6.61 Å². The maximum atomic E-state index is 14.1. The van der Waals surface area contributed by atoms with E-state index < -0.39 is 0 Å². The molecule has 1 amide bonds. The highest BCUT2D eigenvalue weighted by atomic mass is 79.9. The van der Waals surface area contributed by atoms with Gasteiger partial charge >= 0.3 is 0 Å². The van der Waals surface area contributed by atoms with Gasteiger partial charge in [-0.05, 0) is 90.6 Å². The molecule has 9 heteroatoms. The normalized spacial score (nSPS) is 15.5. The molecule has 0 saturated carbocycles. The first-order chi connectivity index (χ1) is 18.4. The number of rotatable bonds is 6. The van der Waals surface area contributed by atoms with Crippen LogP contribution < -0.4 is 9.64 Å². The molecule has 0 spiro atoms. The molecule has 0 atom stereocenters. The molecule has 1 aliphatic rings. The molecule has 5 rings (SSSR count). The summed E-state index contributed by atoms with van der Waals surface area (Å²) >= 11 is 16.8. The number of amides is 1. The molecule has 0 radical (unpaired) electrons. The van der Waals surface area contributed by atoms with E-state index in [9.17, 15) is 9.18 Å². The summed E-state index contributed by atoms with van der Waals surface area (Å²) in [4.78, 5) is 20.4. The van der Waals surface area contributed by atoms with Crippen molar-refractivity contribution in [3.05, 3.63) is 127 Å². The molecule has 1 aliphatic heterocycles. The van der Waals surface area contributed by atoms with E-state index in [0.29, 0.717) is 48.4 Å². The summed E-state index contributed by atoms with van der Waals surface area (Å²) in [6.45, 7) is 0.0474. The summed E-state index contributed by atoms with van der Waals surface area (Å²) in [5, 5.41) is 1.64. The molecule has 4 nitrogen and oxygen atoms in total. The van der Waals surface area contributed by atoms with Gasteiger partial charge < -0.3 is 4.74 Å². The highest BCUT2D eigenvalue weighted by Gasteiger charge is 2.35. The molecule has 0 N–H and O–H groups in total. The molecule has 4 aromatic rings. The van der Waals surface area contributed by atoms with Crippen LogP contribution in [0.2, 0.25) is 10.0 Å². The maximum Gasteiger partial charge on any atom is 0.271 e. The number of carbonyl (C=O) groups is 1. The van der Waals surface area contributed by atoms with Gasteiger partial charge in [0.1, 0.15) is 18.2 Å². The molecule has 0 unspecified atom stereocenters. The van der Waals surface area contributed by atoms with Crippen molar-refractivity contribution in [1.82, 2.24) is 0 Å².